The fraction of sp³-hybridized carbons (Fsp3) is 0.444. The lowest BCUT2D eigenvalue weighted by Gasteiger charge is -2.19. The zero-order valence-electron chi connectivity index (χ0n) is 7.97. The van der Waals surface area contributed by atoms with Gasteiger partial charge in [0.1, 0.15) is 5.82 Å². The van der Waals surface area contributed by atoms with E-state index in [1.807, 2.05) is 13.0 Å². The van der Waals surface area contributed by atoms with Crippen molar-refractivity contribution in [2.24, 2.45) is 0 Å². The van der Waals surface area contributed by atoms with E-state index in [4.69, 9.17) is 0 Å². The summed E-state index contributed by atoms with van der Waals surface area (Å²) in [6.45, 7) is 1.58. The van der Waals surface area contributed by atoms with Crippen molar-refractivity contribution in [1.82, 2.24) is 4.98 Å². The number of pyridine rings is 1. The molecule has 0 atom stereocenters. The highest BCUT2D eigenvalue weighted by molar-refractivity contribution is 9.10. The first-order chi connectivity index (χ1) is 6.52. The summed E-state index contributed by atoms with van der Waals surface area (Å²) in [4.78, 5) is 5.47. The molecule has 0 aliphatic heterocycles. The number of nitrogens with zero attached hydrogens (tertiary/aromatic N) is 2. The molecule has 0 aliphatic rings. The van der Waals surface area contributed by atoms with Crippen LogP contribution in [0.15, 0.2) is 16.7 Å². The molecular formula is C9H11BrF2N2. The number of alkyl halides is 2. The summed E-state index contributed by atoms with van der Waals surface area (Å²) in [7, 11) is 1.60. The Bertz CT molecular complexity index is 318. The van der Waals surface area contributed by atoms with Crippen LogP contribution in [0.3, 0.4) is 0 Å². The van der Waals surface area contributed by atoms with Gasteiger partial charge in [-0.25, -0.2) is 13.8 Å². The molecule has 1 rings (SSSR count). The predicted octanol–water partition coefficient (Wildman–Crippen LogP) is 2.85. The molecule has 0 amide bonds. The minimum atomic E-state index is -2.35. The normalized spacial score (nSPS) is 10.7. The van der Waals surface area contributed by atoms with Gasteiger partial charge in [0.05, 0.1) is 11.0 Å². The molecule has 14 heavy (non-hydrogen) atoms. The summed E-state index contributed by atoms with van der Waals surface area (Å²) in [5, 5.41) is 0. The van der Waals surface area contributed by atoms with E-state index in [0.717, 1.165) is 10.0 Å². The van der Waals surface area contributed by atoms with E-state index in [0.29, 0.717) is 5.82 Å². The van der Waals surface area contributed by atoms with Crippen molar-refractivity contribution in [3.05, 3.63) is 22.3 Å². The quantitative estimate of drug-likeness (QED) is 0.835. The van der Waals surface area contributed by atoms with E-state index < -0.39 is 6.43 Å². The van der Waals surface area contributed by atoms with Crippen molar-refractivity contribution < 1.29 is 8.78 Å². The van der Waals surface area contributed by atoms with Gasteiger partial charge in [-0.3, -0.25) is 0 Å². The van der Waals surface area contributed by atoms with Crippen LogP contribution in [-0.2, 0) is 0 Å². The minimum absolute atomic E-state index is 0.310. The molecule has 1 aromatic rings. The van der Waals surface area contributed by atoms with Crippen molar-refractivity contribution in [2.75, 3.05) is 18.5 Å². The van der Waals surface area contributed by atoms with Gasteiger partial charge in [0, 0.05) is 13.2 Å². The van der Waals surface area contributed by atoms with Crippen LogP contribution in [0.25, 0.3) is 0 Å². The van der Waals surface area contributed by atoms with Crippen molar-refractivity contribution >= 4 is 21.7 Å². The maximum Gasteiger partial charge on any atom is 0.255 e. The summed E-state index contributed by atoms with van der Waals surface area (Å²) >= 11 is 3.32. The Labute approximate surface area is 90.1 Å². The highest BCUT2D eigenvalue weighted by Gasteiger charge is 2.13. The molecule has 1 aromatic heterocycles. The van der Waals surface area contributed by atoms with Gasteiger partial charge in [-0.05, 0) is 34.5 Å². The highest BCUT2D eigenvalue weighted by Crippen LogP contribution is 2.26. The van der Waals surface area contributed by atoms with E-state index in [9.17, 15) is 8.78 Å². The Balaban J connectivity index is 2.89. The van der Waals surface area contributed by atoms with Gasteiger partial charge >= 0.3 is 0 Å². The number of halogens is 3. The zero-order chi connectivity index (χ0) is 10.7. The van der Waals surface area contributed by atoms with Crippen molar-refractivity contribution in [3.63, 3.8) is 0 Å². The Morgan fingerprint density at radius 1 is 1.57 bits per heavy atom. The van der Waals surface area contributed by atoms with Crippen LogP contribution in [0, 0.1) is 6.92 Å². The first-order valence-corrected chi connectivity index (χ1v) is 4.92. The van der Waals surface area contributed by atoms with E-state index in [-0.39, 0.29) is 6.54 Å². The van der Waals surface area contributed by atoms with Crippen LogP contribution < -0.4 is 4.90 Å². The van der Waals surface area contributed by atoms with E-state index >= 15 is 0 Å². The average molecular weight is 265 g/mol. The average Bonchev–Trinajstić information content (AvgIpc) is 2.08. The van der Waals surface area contributed by atoms with Crippen LogP contribution in [0.5, 0.6) is 0 Å². The molecule has 78 valence electrons. The third-order valence-corrected chi connectivity index (χ3v) is 2.82. The molecule has 0 unspecified atom stereocenters. The Kier molecular flexibility index (Phi) is 3.80. The molecule has 1 heterocycles. The molecule has 0 saturated carbocycles. The molecule has 0 N–H and O–H groups in total. The second kappa shape index (κ2) is 4.68. The summed E-state index contributed by atoms with van der Waals surface area (Å²) in [6, 6.07) is 1.82. The molecule has 0 radical (unpaired) electrons. The Morgan fingerprint density at radius 2 is 2.21 bits per heavy atom. The van der Waals surface area contributed by atoms with Gasteiger partial charge in [0.15, 0.2) is 0 Å². The molecule has 0 spiro atoms. The minimum Gasteiger partial charge on any atom is -0.353 e. The topological polar surface area (TPSA) is 16.1 Å². The summed E-state index contributed by atoms with van der Waals surface area (Å²) in [5.41, 5.74) is 0.983. The number of rotatable bonds is 3. The van der Waals surface area contributed by atoms with Crippen LogP contribution in [0.4, 0.5) is 14.6 Å². The van der Waals surface area contributed by atoms with Gasteiger partial charge in [-0.15, -0.1) is 0 Å². The van der Waals surface area contributed by atoms with Gasteiger partial charge in [0.25, 0.3) is 6.43 Å². The van der Waals surface area contributed by atoms with Crippen LogP contribution >= 0.6 is 15.9 Å². The second-order valence-corrected chi connectivity index (χ2v) is 3.83. The monoisotopic (exact) mass is 264 g/mol. The van der Waals surface area contributed by atoms with Gasteiger partial charge in [-0.2, -0.15) is 0 Å². The maximum atomic E-state index is 12.1. The fourth-order valence-corrected chi connectivity index (χ4v) is 1.62. The second-order valence-electron chi connectivity index (χ2n) is 3.04. The number of aryl methyl sites for hydroxylation is 1. The molecule has 0 saturated heterocycles. The van der Waals surface area contributed by atoms with E-state index in [1.54, 1.807) is 13.2 Å². The van der Waals surface area contributed by atoms with Gasteiger partial charge < -0.3 is 4.90 Å². The predicted molar refractivity (Wildman–Crippen MR) is 55.9 cm³/mol. The smallest absolute Gasteiger partial charge is 0.255 e. The zero-order valence-corrected chi connectivity index (χ0v) is 9.55. The van der Waals surface area contributed by atoms with E-state index in [2.05, 4.69) is 20.9 Å². The van der Waals surface area contributed by atoms with Crippen LogP contribution in [-0.4, -0.2) is 25.0 Å². The largest absolute Gasteiger partial charge is 0.353 e. The first-order valence-electron chi connectivity index (χ1n) is 4.12. The molecule has 0 aliphatic carbocycles. The summed E-state index contributed by atoms with van der Waals surface area (Å²) < 4.78 is 25.0. The summed E-state index contributed by atoms with van der Waals surface area (Å²) in [6.07, 6.45) is -0.744. The number of anilines is 1. The number of hydrogen-bond acceptors (Lipinski definition) is 2. The molecule has 2 nitrogen and oxygen atoms in total. The lowest BCUT2D eigenvalue weighted by Crippen LogP contribution is -2.25. The molecular weight excluding hydrogens is 254 g/mol. The lowest BCUT2D eigenvalue weighted by atomic mass is 10.3. The van der Waals surface area contributed by atoms with Crippen LogP contribution in [0.1, 0.15) is 5.56 Å². The van der Waals surface area contributed by atoms with Crippen molar-refractivity contribution in [3.8, 4) is 0 Å². The van der Waals surface area contributed by atoms with Gasteiger partial charge in [-0.1, -0.05) is 0 Å². The number of aromatic nitrogens is 1. The van der Waals surface area contributed by atoms with Crippen molar-refractivity contribution in [1.29, 1.82) is 0 Å². The Morgan fingerprint density at radius 3 is 2.79 bits per heavy atom. The first kappa shape index (κ1) is 11.4. The third-order valence-electron chi connectivity index (χ3n) is 1.84. The van der Waals surface area contributed by atoms with Crippen molar-refractivity contribution in [2.45, 2.75) is 13.3 Å². The maximum absolute atomic E-state index is 12.1. The SMILES string of the molecule is Cc1ccnc(N(C)CC(F)F)c1Br. The summed E-state index contributed by atoms with van der Waals surface area (Å²) in [5.74, 6) is 0.547. The fourth-order valence-electron chi connectivity index (χ4n) is 1.09. The van der Waals surface area contributed by atoms with E-state index in [1.165, 1.54) is 4.90 Å². The molecule has 0 aromatic carbocycles. The van der Waals surface area contributed by atoms with Gasteiger partial charge in [0.2, 0.25) is 0 Å². The Hall–Kier alpha value is -0.710. The van der Waals surface area contributed by atoms with Crippen LogP contribution in [0.2, 0.25) is 0 Å². The third kappa shape index (κ3) is 2.64. The lowest BCUT2D eigenvalue weighted by molar-refractivity contribution is 0.156. The highest BCUT2D eigenvalue weighted by atomic mass is 79.9. The molecule has 0 bridgehead atoms. The molecule has 0 fully saturated rings. The molecule has 5 heteroatoms. The number of hydrogen-bond donors (Lipinski definition) is 0. The standard InChI is InChI=1S/C9H11BrF2N2/c1-6-3-4-13-9(8(6)10)14(2)5-7(11)12/h3-4,7H,5H2,1-2H3.